The van der Waals surface area contributed by atoms with Crippen LogP contribution in [0.15, 0.2) is 24.3 Å². The van der Waals surface area contributed by atoms with Gasteiger partial charge < -0.3 is 9.47 Å². The van der Waals surface area contributed by atoms with E-state index in [1.807, 2.05) is 12.1 Å². The Labute approximate surface area is 122 Å². The molecule has 0 aliphatic carbocycles. The van der Waals surface area contributed by atoms with Gasteiger partial charge in [-0.05, 0) is 42.9 Å². The fourth-order valence-electron chi connectivity index (χ4n) is 1.96. The summed E-state index contributed by atoms with van der Waals surface area (Å²) in [4.78, 5) is 0. The van der Waals surface area contributed by atoms with Crippen molar-refractivity contribution in [3.05, 3.63) is 29.8 Å². The van der Waals surface area contributed by atoms with Crippen molar-refractivity contribution in [3.63, 3.8) is 0 Å². The van der Waals surface area contributed by atoms with Crippen molar-refractivity contribution < 1.29 is 9.47 Å². The van der Waals surface area contributed by atoms with Crippen molar-refractivity contribution in [1.82, 2.24) is 0 Å². The molecule has 0 amide bonds. The van der Waals surface area contributed by atoms with Crippen LogP contribution in [0.5, 0.6) is 5.75 Å². The lowest BCUT2D eigenvalue weighted by atomic mass is 9.98. The van der Waals surface area contributed by atoms with Crippen molar-refractivity contribution in [1.29, 1.82) is 0 Å². The van der Waals surface area contributed by atoms with Gasteiger partial charge in [0.25, 0.3) is 0 Å². The molecule has 1 atom stereocenters. The molecule has 0 heterocycles. The smallest absolute Gasteiger partial charge is 0.119 e. The fraction of sp³-hybridized carbons (Fsp3) is 0.625. The molecule has 0 fully saturated rings. The van der Waals surface area contributed by atoms with E-state index in [-0.39, 0.29) is 0 Å². The number of halogens is 1. The van der Waals surface area contributed by atoms with Crippen LogP contribution in [0.25, 0.3) is 0 Å². The highest BCUT2D eigenvalue weighted by Gasteiger charge is 2.09. The van der Waals surface area contributed by atoms with Gasteiger partial charge in [0.15, 0.2) is 0 Å². The van der Waals surface area contributed by atoms with Gasteiger partial charge in [0.05, 0.1) is 7.11 Å². The van der Waals surface area contributed by atoms with Crippen LogP contribution in [-0.2, 0) is 11.2 Å². The van der Waals surface area contributed by atoms with Crippen LogP contribution < -0.4 is 4.74 Å². The Balaban J connectivity index is 2.34. The summed E-state index contributed by atoms with van der Waals surface area (Å²) in [6, 6.07) is 8.20. The monoisotopic (exact) mass is 284 g/mol. The maximum Gasteiger partial charge on any atom is 0.119 e. The van der Waals surface area contributed by atoms with Crippen LogP contribution in [0.2, 0.25) is 0 Å². The Morgan fingerprint density at radius 1 is 1.26 bits per heavy atom. The molecule has 0 N–H and O–H groups in total. The fourth-order valence-corrected chi connectivity index (χ4v) is 2.23. The molecule has 1 rings (SSSR count). The van der Waals surface area contributed by atoms with E-state index in [9.17, 15) is 0 Å². The minimum absolute atomic E-state index is 0.468. The minimum Gasteiger partial charge on any atom is -0.497 e. The molecular weight excluding hydrogens is 260 g/mol. The molecule has 0 aromatic heterocycles. The second kappa shape index (κ2) is 10.1. The lowest BCUT2D eigenvalue weighted by Crippen LogP contribution is -2.10. The third-order valence-corrected chi connectivity index (χ3v) is 3.63. The van der Waals surface area contributed by atoms with E-state index in [2.05, 4.69) is 19.1 Å². The largest absolute Gasteiger partial charge is 0.497 e. The summed E-state index contributed by atoms with van der Waals surface area (Å²) in [5, 5.41) is 0. The molecule has 0 saturated carbocycles. The maximum absolute atomic E-state index is 6.04. The number of ether oxygens (including phenoxy) is 2. The molecule has 0 radical (unpaired) electrons. The van der Waals surface area contributed by atoms with Gasteiger partial charge in [0, 0.05) is 19.1 Å². The normalized spacial score (nSPS) is 12.4. The van der Waals surface area contributed by atoms with Gasteiger partial charge in [-0.15, -0.1) is 11.6 Å². The highest BCUT2D eigenvalue weighted by molar-refractivity contribution is 6.18. The molecule has 3 heteroatoms. The molecule has 1 unspecified atom stereocenters. The number of alkyl halides is 1. The molecule has 2 nitrogen and oxygen atoms in total. The zero-order valence-electron chi connectivity index (χ0n) is 12.0. The van der Waals surface area contributed by atoms with E-state index in [0.29, 0.717) is 11.8 Å². The van der Waals surface area contributed by atoms with Crippen LogP contribution in [0.4, 0.5) is 0 Å². The van der Waals surface area contributed by atoms with Crippen LogP contribution in [0.1, 0.15) is 31.7 Å². The van der Waals surface area contributed by atoms with Crippen molar-refractivity contribution in [2.75, 3.05) is 26.2 Å². The average Bonchev–Trinajstić information content (AvgIpc) is 2.46. The topological polar surface area (TPSA) is 18.5 Å². The molecule has 0 saturated heterocycles. The van der Waals surface area contributed by atoms with Gasteiger partial charge in [-0.2, -0.15) is 0 Å². The Morgan fingerprint density at radius 3 is 2.79 bits per heavy atom. The predicted octanol–water partition coefficient (Wildman–Crippen LogP) is 4.30. The van der Waals surface area contributed by atoms with Crippen LogP contribution in [0.3, 0.4) is 0 Å². The van der Waals surface area contributed by atoms with Gasteiger partial charge in [-0.25, -0.2) is 0 Å². The predicted molar refractivity (Wildman–Crippen MR) is 81.3 cm³/mol. The highest BCUT2D eigenvalue weighted by atomic mass is 35.5. The SMILES string of the molecule is CCCCOCCC(CCl)Cc1cccc(OC)c1. The molecule has 0 aliphatic rings. The van der Waals surface area contributed by atoms with Gasteiger partial charge in [0.2, 0.25) is 0 Å². The van der Waals surface area contributed by atoms with E-state index in [1.165, 1.54) is 12.0 Å². The molecule has 0 aliphatic heterocycles. The van der Waals surface area contributed by atoms with Crippen molar-refractivity contribution in [3.8, 4) is 5.75 Å². The zero-order chi connectivity index (χ0) is 13.9. The number of rotatable bonds is 10. The number of hydrogen-bond acceptors (Lipinski definition) is 2. The minimum atomic E-state index is 0.468. The maximum atomic E-state index is 6.04. The summed E-state index contributed by atoms with van der Waals surface area (Å²) in [5.41, 5.74) is 1.28. The number of hydrogen-bond donors (Lipinski definition) is 0. The number of unbranched alkanes of at least 4 members (excludes halogenated alkanes) is 1. The summed E-state index contributed by atoms with van der Waals surface area (Å²) in [5.74, 6) is 2.05. The Morgan fingerprint density at radius 2 is 2.11 bits per heavy atom. The van der Waals surface area contributed by atoms with Crippen LogP contribution in [-0.4, -0.2) is 26.2 Å². The molecule has 1 aromatic rings. The Hall–Kier alpha value is -0.730. The summed E-state index contributed by atoms with van der Waals surface area (Å²) >= 11 is 6.04. The first-order valence-corrected chi connectivity index (χ1v) is 7.60. The van der Waals surface area contributed by atoms with E-state index in [0.717, 1.165) is 38.2 Å². The van der Waals surface area contributed by atoms with Gasteiger partial charge in [0.1, 0.15) is 5.75 Å². The summed E-state index contributed by atoms with van der Waals surface area (Å²) in [7, 11) is 1.69. The van der Waals surface area contributed by atoms with Crippen LogP contribution >= 0.6 is 11.6 Å². The molecule has 0 spiro atoms. The van der Waals surface area contributed by atoms with Crippen LogP contribution in [0, 0.1) is 5.92 Å². The molecule has 19 heavy (non-hydrogen) atoms. The third kappa shape index (κ3) is 6.84. The van der Waals surface area contributed by atoms with E-state index >= 15 is 0 Å². The molecule has 108 valence electrons. The Kier molecular flexibility index (Phi) is 8.68. The number of benzene rings is 1. The molecular formula is C16H25ClO2. The first kappa shape index (κ1) is 16.3. The average molecular weight is 285 g/mol. The second-order valence-corrected chi connectivity index (χ2v) is 5.14. The van der Waals surface area contributed by atoms with Gasteiger partial charge in [-0.3, -0.25) is 0 Å². The first-order valence-electron chi connectivity index (χ1n) is 7.06. The van der Waals surface area contributed by atoms with Crippen molar-refractivity contribution >= 4 is 11.6 Å². The zero-order valence-corrected chi connectivity index (χ0v) is 12.8. The quantitative estimate of drug-likeness (QED) is 0.471. The third-order valence-electron chi connectivity index (χ3n) is 3.19. The summed E-state index contributed by atoms with van der Waals surface area (Å²) in [6.07, 6.45) is 4.33. The summed E-state index contributed by atoms with van der Waals surface area (Å²) in [6.45, 7) is 3.85. The lowest BCUT2D eigenvalue weighted by Gasteiger charge is -2.14. The summed E-state index contributed by atoms with van der Waals surface area (Å²) < 4.78 is 10.8. The van der Waals surface area contributed by atoms with E-state index < -0.39 is 0 Å². The Bertz CT molecular complexity index is 341. The van der Waals surface area contributed by atoms with E-state index in [1.54, 1.807) is 7.11 Å². The van der Waals surface area contributed by atoms with Gasteiger partial charge >= 0.3 is 0 Å². The van der Waals surface area contributed by atoms with Crippen molar-refractivity contribution in [2.45, 2.75) is 32.6 Å². The molecule has 0 bridgehead atoms. The van der Waals surface area contributed by atoms with Gasteiger partial charge in [-0.1, -0.05) is 25.5 Å². The first-order chi connectivity index (χ1) is 9.30. The highest BCUT2D eigenvalue weighted by Crippen LogP contribution is 2.18. The van der Waals surface area contributed by atoms with E-state index in [4.69, 9.17) is 21.1 Å². The molecule has 1 aromatic carbocycles. The van der Waals surface area contributed by atoms with Crippen molar-refractivity contribution in [2.24, 2.45) is 5.92 Å². The lowest BCUT2D eigenvalue weighted by molar-refractivity contribution is 0.119. The number of methoxy groups -OCH3 is 1. The standard InChI is InChI=1S/C16H25ClO2/c1-3-4-9-19-10-8-15(13-17)11-14-6-5-7-16(12-14)18-2/h5-7,12,15H,3-4,8-11,13H2,1-2H3. The second-order valence-electron chi connectivity index (χ2n) is 4.83.